The minimum absolute atomic E-state index is 0.00761. The topological polar surface area (TPSA) is 270 Å². The largest absolute Gasteiger partial charge is 0.397 e. The van der Waals surface area contributed by atoms with Crippen LogP contribution in [0.3, 0.4) is 0 Å². The maximum absolute atomic E-state index is 11.4. The normalized spacial score (nSPS) is 24.9. The summed E-state index contributed by atoms with van der Waals surface area (Å²) in [6.07, 6.45) is -4.29. The van der Waals surface area contributed by atoms with Crippen molar-refractivity contribution in [1.82, 2.24) is 19.5 Å². The van der Waals surface area contributed by atoms with Crippen molar-refractivity contribution >= 4 is 43.7 Å². The lowest BCUT2D eigenvalue weighted by molar-refractivity contribution is -0.0263. The highest BCUT2D eigenvalue weighted by molar-refractivity contribution is 7.81. The standard InChI is InChI=1S/C11H16N8O9S2/c12-8-5-9(17-2-16-8)19(3-18-5)10-7(28-30(23,24)25)6(27-29(20,21)22)4(26-10)1-15-11(13)14/h2-4,6-7,10H,1H2,(H2,12,16,17)(H4,13,14,15)(H,20,21,22)(H,23,24,25)/t4-,6-,7-,10-/m1/s1. The number of imidazole rings is 1. The van der Waals surface area contributed by atoms with E-state index in [1.807, 2.05) is 0 Å². The summed E-state index contributed by atoms with van der Waals surface area (Å²) >= 11 is 0. The molecule has 166 valence electrons. The van der Waals surface area contributed by atoms with Gasteiger partial charge in [0, 0.05) is 0 Å². The van der Waals surface area contributed by atoms with Gasteiger partial charge in [-0.15, -0.1) is 0 Å². The number of hydrogen-bond donors (Lipinski definition) is 5. The molecule has 0 unspecified atom stereocenters. The van der Waals surface area contributed by atoms with Crippen LogP contribution >= 0.6 is 0 Å². The van der Waals surface area contributed by atoms with Crippen LogP contribution in [0.15, 0.2) is 17.6 Å². The third-order valence-electron chi connectivity index (χ3n) is 3.87. The van der Waals surface area contributed by atoms with Crippen LogP contribution in [-0.2, 0) is 33.9 Å². The Morgan fingerprint density at radius 3 is 2.37 bits per heavy atom. The molecule has 2 aromatic rings. The number of nitrogens with two attached hydrogens (primary N) is 3. The van der Waals surface area contributed by atoms with Gasteiger partial charge >= 0.3 is 20.8 Å². The van der Waals surface area contributed by atoms with E-state index in [4.69, 9.17) is 31.0 Å². The molecule has 0 aromatic carbocycles. The lowest BCUT2D eigenvalue weighted by Gasteiger charge is -2.21. The monoisotopic (exact) mass is 468 g/mol. The van der Waals surface area contributed by atoms with Crippen molar-refractivity contribution in [2.45, 2.75) is 24.5 Å². The van der Waals surface area contributed by atoms with E-state index in [9.17, 15) is 16.8 Å². The molecule has 0 spiro atoms. The molecule has 1 fully saturated rings. The second-order valence-electron chi connectivity index (χ2n) is 5.89. The summed E-state index contributed by atoms with van der Waals surface area (Å²) in [5.74, 6) is -0.403. The van der Waals surface area contributed by atoms with Crippen LogP contribution in [0, 0.1) is 0 Å². The molecule has 1 aliphatic rings. The van der Waals surface area contributed by atoms with Crippen molar-refractivity contribution in [2.24, 2.45) is 16.5 Å². The van der Waals surface area contributed by atoms with Gasteiger partial charge in [-0.25, -0.2) is 23.3 Å². The molecule has 1 aliphatic heterocycles. The maximum atomic E-state index is 11.4. The van der Waals surface area contributed by atoms with Gasteiger partial charge in [0.25, 0.3) is 0 Å². The molecule has 0 radical (unpaired) electrons. The van der Waals surface area contributed by atoms with Gasteiger partial charge in [0.2, 0.25) is 0 Å². The van der Waals surface area contributed by atoms with Gasteiger partial charge in [0.15, 0.2) is 29.8 Å². The highest BCUT2D eigenvalue weighted by Gasteiger charge is 2.51. The van der Waals surface area contributed by atoms with E-state index in [1.165, 1.54) is 0 Å². The summed E-state index contributed by atoms with van der Waals surface area (Å²) < 4.78 is 79.5. The first-order valence-corrected chi connectivity index (χ1v) is 10.5. The molecule has 1 saturated heterocycles. The maximum Gasteiger partial charge on any atom is 0.397 e. The first kappa shape index (κ1) is 22.0. The van der Waals surface area contributed by atoms with Gasteiger partial charge in [0.1, 0.15) is 24.1 Å². The van der Waals surface area contributed by atoms with E-state index < -0.39 is 57.8 Å². The molecule has 3 heterocycles. The van der Waals surface area contributed by atoms with Crippen LogP contribution in [-0.4, -0.2) is 76.3 Å². The quantitative estimate of drug-likeness (QED) is 0.153. The molecule has 0 saturated carbocycles. The Balaban J connectivity index is 2.11. The van der Waals surface area contributed by atoms with E-state index in [1.54, 1.807) is 0 Å². The average Bonchev–Trinajstić information content (AvgIpc) is 3.14. The van der Waals surface area contributed by atoms with Gasteiger partial charge in [0.05, 0.1) is 12.9 Å². The van der Waals surface area contributed by atoms with Gasteiger partial charge in [-0.1, -0.05) is 0 Å². The van der Waals surface area contributed by atoms with Crippen molar-refractivity contribution < 1.29 is 39.0 Å². The lowest BCUT2D eigenvalue weighted by Crippen LogP contribution is -2.40. The Bertz CT molecular complexity index is 1180. The second-order valence-corrected chi connectivity index (χ2v) is 7.99. The zero-order valence-corrected chi connectivity index (χ0v) is 16.3. The van der Waals surface area contributed by atoms with Gasteiger partial charge in [-0.3, -0.25) is 18.7 Å². The number of hydrogen-bond acceptors (Lipinski definition) is 12. The second kappa shape index (κ2) is 7.86. The van der Waals surface area contributed by atoms with Crippen LogP contribution < -0.4 is 17.2 Å². The number of aromatic nitrogens is 4. The number of nitrogen functional groups attached to an aromatic ring is 1. The Morgan fingerprint density at radius 2 is 1.77 bits per heavy atom. The Labute approximate surface area is 168 Å². The third-order valence-corrected chi connectivity index (χ3v) is 4.80. The number of rotatable bonds is 7. The fourth-order valence-corrected chi connectivity index (χ4v) is 3.83. The van der Waals surface area contributed by atoms with Crippen LogP contribution in [0.2, 0.25) is 0 Å². The first-order valence-electron chi connectivity index (χ1n) is 7.81. The SMILES string of the molecule is NC(N)=NC[C@H]1O[C@@H](n2cnc3c(N)ncnc32)[C@H](OS(=O)(=O)O)[C@@H]1OS(=O)(=O)O. The van der Waals surface area contributed by atoms with Gasteiger partial charge in [-0.2, -0.15) is 16.8 Å². The molecule has 2 aromatic heterocycles. The molecule has 0 aliphatic carbocycles. The smallest absolute Gasteiger partial charge is 0.382 e. The van der Waals surface area contributed by atoms with Crippen molar-refractivity contribution in [1.29, 1.82) is 0 Å². The third kappa shape index (κ3) is 4.89. The van der Waals surface area contributed by atoms with Crippen LogP contribution in [0.5, 0.6) is 0 Å². The minimum atomic E-state index is -5.15. The fourth-order valence-electron chi connectivity index (χ4n) is 2.83. The highest BCUT2D eigenvalue weighted by Crippen LogP contribution is 2.37. The van der Waals surface area contributed by atoms with Crippen LogP contribution in [0.1, 0.15) is 6.23 Å². The Hall–Kier alpha value is -2.68. The first-order chi connectivity index (χ1) is 13.9. The van der Waals surface area contributed by atoms with Crippen LogP contribution in [0.25, 0.3) is 11.2 Å². The van der Waals surface area contributed by atoms with Crippen molar-refractivity contribution in [3.05, 3.63) is 12.7 Å². The number of anilines is 1. The predicted molar refractivity (Wildman–Crippen MR) is 97.2 cm³/mol. The number of ether oxygens (including phenoxy) is 1. The summed E-state index contributed by atoms with van der Waals surface area (Å²) in [7, 11) is -10.3. The van der Waals surface area contributed by atoms with Gasteiger partial charge < -0.3 is 21.9 Å². The summed E-state index contributed by atoms with van der Waals surface area (Å²) in [6.45, 7) is -0.423. The highest BCUT2D eigenvalue weighted by atomic mass is 32.3. The lowest BCUT2D eigenvalue weighted by atomic mass is 10.1. The zero-order chi connectivity index (χ0) is 22.3. The minimum Gasteiger partial charge on any atom is -0.382 e. The molecule has 0 amide bonds. The zero-order valence-electron chi connectivity index (χ0n) is 14.7. The van der Waals surface area contributed by atoms with E-state index >= 15 is 0 Å². The molecule has 0 bridgehead atoms. The number of nitrogens with zero attached hydrogens (tertiary/aromatic N) is 5. The fraction of sp³-hybridized carbons (Fsp3) is 0.455. The van der Waals surface area contributed by atoms with E-state index in [-0.39, 0.29) is 17.0 Å². The van der Waals surface area contributed by atoms with Crippen molar-refractivity contribution in [3.8, 4) is 0 Å². The number of fused-ring (bicyclic) bond motifs is 1. The molecule has 8 N–H and O–H groups in total. The summed E-state index contributed by atoms with van der Waals surface area (Å²) in [4.78, 5) is 15.4. The molecule has 17 nitrogen and oxygen atoms in total. The summed E-state index contributed by atoms with van der Waals surface area (Å²) in [5.41, 5.74) is 16.4. The molecule has 4 atom stereocenters. The average molecular weight is 468 g/mol. The molecule has 30 heavy (non-hydrogen) atoms. The molecular weight excluding hydrogens is 452 g/mol. The molecule has 19 heteroatoms. The van der Waals surface area contributed by atoms with Crippen molar-refractivity contribution in [2.75, 3.05) is 12.3 Å². The predicted octanol–water partition coefficient (Wildman–Crippen LogP) is -3.04. The van der Waals surface area contributed by atoms with E-state index in [0.717, 1.165) is 17.2 Å². The summed E-state index contributed by atoms with van der Waals surface area (Å²) in [6, 6.07) is 0. The van der Waals surface area contributed by atoms with Crippen LogP contribution in [0.4, 0.5) is 5.82 Å². The van der Waals surface area contributed by atoms with Crippen molar-refractivity contribution in [3.63, 3.8) is 0 Å². The Kier molecular flexibility index (Phi) is 5.77. The summed E-state index contributed by atoms with van der Waals surface area (Å²) in [5, 5.41) is 0. The Morgan fingerprint density at radius 1 is 1.13 bits per heavy atom. The number of guanidine groups is 1. The molecular formula is C11H16N8O9S2. The van der Waals surface area contributed by atoms with E-state index in [0.29, 0.717) is 0 Å². The van der Waals surface area contributed by atoms with E-state index in [2.05, 4.69) is 28.3 Å². The molecule has 3 rings (SSSR count). The van der Waals surface area contributed by atoms with Gasteiger partial charge in [-0.05, 0) is 0 Å². The number of aliphatic imine (C=N–C) groups is 1.